The highest BCUT2D eigenvalue weighted by atomic mass is 32.3. The second kappa shape index (κ2) is 5.10. The van der Waals surface area contributed by atoms with Crippen LogP contribution in [0.3, 0.4) is 0 Å². The molecule has 1 aliphatic rings. The first-order chi connectivity index (χ1) is 6.54. The summed E-state index contributed by atoms with van der Waals surface area (Å²) in [5.41, 5.74) is 0. The lowest BCUT2D eigenvalue weighted by molar-refractivity contribution is 0.423. The van der Waals surface area contributed by atoms with E-state index < -0.39 is 15.5 Å². The quantitative estimate of drug-likeness (QED) is 0.543. The molecule has 0 radical (unpaired) electrons. The van der Waals surface area contributed by atoms with Gasteiger partial charge in [0.1, 0.15) is 0 Å². The summed E-state index contributed by atoms with van der Waals surface area (Å²) in [7, 11) is -4.29. The van der Waals surface area contributed by atoms with Crippen LogP contribution in [0.15, 0.2) is 0 Å². The molecule has 1 rings (SSSR count). The minimum absolute atomic E-state index is 0.513. The molecule has 84 valence electrons. The molecule has 0 heterocycles. The summed E-state index contributed by atoms with van der Waals surface area (Å²) < 4.78 is 34.2. The first kappa shape index (κ1) is 12.0. The van der Waals surface area contributed by atoms with Crippen molar-refractivity contribution in [1.82, 2.24) is 0 Å². The summed E-state index contributed by atoms with van der Waals surface area (Å²) in [5.74, 6) is 0.617. The van der Waals surface area contributed by atoms with Crippen molar-refractivity contribution in [3.05, 3.63) is 0 Å². The van der Waals surface area contributed by atoms with E-state index in [1.54, 1.807) is 0 Å². The van der Waals surface area contributed by atoms with E-state index in [1.807, 2.05) is 0 Å². The van der Waals surface area contributed by atoms with Crippen LogP contribution < -0.4 is 0 Å². The average Bonchev–Trinajstić information content (AvgIpc) is 2.29. The molecule has 0 aromatic heterocycles. The highest BCUT2D eigenvalue weighted by molar-refractivity contribution is 7.87. The van der Waals surface area contributed by atoms with Crippen molar-refractivity contribution in [1.29, 1.82) is 0 Å². The summed E-state index contributed by atoms with van der Waals surface area (Å²) in [4.78, 5) is 0. The van der Waals surface area contributed by atoms with E-state index in [2.05, 4.69) is 6.92 Å². The lowest BCUT2D eigenvalue weighted by atomic mass is 9.96. The van der Waals surface area contributed by atoms with Gasteiger partial charge in [-0.3, -0.25) is 0 Å². The monoisotopic (exact) mass is 222 g/mol. The highest BCUT2D eigenvalue weighted by Crippen LogP contribution is 2.30. The van der Waals surface area contributed by atoms with Gasteiger partial charge < -0.3 is 0 Å². The van der Waals surface area contributed by atoms with Gasteiger partial charge in [-0.05, 0) is 25.2 Å². The van der Waals surface area contributed by atoms with Crippen LogP contribution in [-0.2, 0) is 10.2 Å². The molecule has 0 spiro atoms. The minimum atomic E-state index is -4.29. The van der Waals surface area contributed by atoms with Gasteiger partial charge in [0.05, 0.1) is 5.25 Å². The predicted molar refractivity (Wildman–Crippen MR) is 55.3 cm³/mol. The maximum atomic E-state index is 12.7. The Morgan fingerprint density at radius 1 is 1.21 bits per heavy atom. The standard InChI is InChI=1S/C10H19FO2S/c1-2-4-9-5-3-6-10(8-7-9)14(11,12)13/h9-10H,2-8H2,1H3. The maximum absolute atomic E-state index is 12.7. The van der Waals surface area contributed by atoms with Gasteiger partial charge in [0.25, 0.3) is 0 Å². The van der Waals surface area contributed by atoms with Gasteiger partial charge in [-0.2, -0.15) is 8.42 Å². The fraction of sp³-hybridized carbons (Fsp3) is 1.00. The molecular weight excluding hydrogens is 203 g/mol. The van der Waals surface area contributed by atoms with Crippen LogP contribution in [0.25, 0.3) is 0 Å². The van der Waals surface area contributed by atoms with Gasteiger partial charge in [0.2, 0.25) is 0 Å². The van der Waals surface area contributed by atoms with Crippen molar-refractivity contribution < 1.29 is 12.3 Å². The van der Waals surface area contributed by atoms with Crippen LogP contribution in [0.2, 0.25) is 0 Å². The lowest BCUT2D eigenvalue weighted by Crippen LogP contribution is -2.15. The second-order valence-corrected chi connectivity index (χ2v) is 5.88. The third-order valence-electron chi connectivity index (χ3n) is 3.13. The molecule has 2 nitrogen and oxygen atoms in total. The Bertz CT molecular complexity index is 261. The Morgan fingerprint density at radius 2 is 1.93 bits per heavy atom. The molecule has 0 aliphatic heterocycles. The van der Waals surface area contributed by atoms with Crippen molar-refractivity contribution in [3.63, 3.8) is 0 Å². The highest BCUT2D eigenvalue weighted by Gasteiger charge is 2.28. The van der Waals surface area contributed by atoms with Gasteiger partial charge >= 0.3 is 10.2 Å². The normalized spacial score (nSPS) is 29.9. The molecule has 0 amide bonds. The number of hydrogen-bond donors (Lipinski definition) is 0. The molecule has 2 atom stereocenters. The molecule has 4 heteroatoms. The predicted octanol–water partition coefficient (Wildman–Crippen LogP) is 3.03. The fourth-order valence-corrected chi connectivity index (χ4v) is 3.19. The molecule has 2 unspecified atom stereocenters. The van der Waals surface area contributed by atoms with Crippen molar-refractivity contribution in [2.24, 2.45) is 5.92 Å². The van der Waals surface area contributed by atoms with Gasteiger partial charge in [-0.25, -0.2) is 0 Å². The Balaban J connectivity index is 2.49. The zero-order chi connectivity index (χ0) is 10.6. The molecular formula is C10H19FO2S. The topological polar surface area (TPSA) is 34.1 Å². The molecule has 1 aliphatic carbocycles. The molecule has 0 bridgehead atoms. The van der Waals surface area contributed by atoms with E-state index in [4.69, 9.17) is 0 Å². The van der Waals surface area contributed by atoms with Crippen LogP contribution in [0.4, 0.5) is 3.89 Å². The first-order valence-corrected chi connectivity index (χ1v) is 6.92. The second-order valence-electron chi connectivity index (χ2n) is 4.26. The van der Waals surface area contributed by atoms with Crippen molar-refractivity contribution in [2.45, 2.75) is 57.1 Å². The summed E-state index contributed by atoms with van der Waals surface area (Å²) >= 11 is 0. The van der Waals surface area contributed by atoms with E-state index in [-0.39, 0.29) is 0 Å². The molecule has 0 aromatic rings. The molecule has 0 N–H and O–H groups in total. The van der Waals surface area contributed by atoms with Crippen molar-refractivity contribution in [3.8, 4) is 0 Å². The summed E-state index contributed by atoms with van der Waals surface area (Å²) in [6.07, 6.45) is 6.12. The van der Waals surface area contributed by atoms with Crippen molar-refractivity contribution >= 4 is 10.2 Å². The van der Waals surface area contributed by atoms with Crippen LogP contribution >= 0.6 is 0 Å². The van der Waals surface area contributed by atoms with Crippen LogP contribution in [-0.4, -0.2) is 13.7 Å². The van der Waals surface area contributed by atoms with Crippen molar-refractivity contribution in [2.75, 3.05) is 0 Å². The number of rotatable bonds is 3. The van der Waals surface area contributed by atoms with E-state index >= 15 is 0 Å². The minimum Gasteiger partial charge on any atom is -0.195 e. The Labute approximate surface area is 86.1 Å². The van der Waals surface area contributed by atoms with Gasteiger partial charge in [-0.1, -0.05) is 32.6 Å². The van der Waals surface area contributed by atoms with E-state index in [0.717, 1.165) is 32.1 Å². The molecule has 0 saturated heterocycles. The van der Waals surface area contributed by atoms with E-state index in [9.17, 15) is 12.3 Å². The van der Waals surface area contributed by atoms with E-state index in [1.165, 1.54) is 0 Å². The Morgan fingerprint density at radius 3 is 2.50 bits per heavy atom. The molecule has 1 saturated carbocycles. The number of hydrogen-bond acceptors (Lipinski definition) is 2. The summed E-state index contributed by atoms with van der Waals surface area (Å²) in [6.45, 7) is 2.13. The first-order valence-electron chi connectivity index (χ1n) is 5.47. The zero-order valence-corrected chi connectivity index (χ0v) is 9.52. The average molecular weight is 222 g/mol. The SMILES string of the molecule is CCCC1CCCC(S(=O)(=O)F)CC1. The molecule has 14 heavy (non-hydrogen) atoms. The van der Waals surface area contributed by atoms with Gasteiger partial charge in [-0.15, -0.1) is 3.89 Å². The van der Waals surface area contributed by atoms with Crippen LogP contribution in [0, 0.1) is 5.92 Å². The third-order valence-corrected chi connectivity index (χ3v) is 4.40. The van der Waals surface area contributed by atoms with Crippen LogP contribution in [0.1, 0.15) is 51.9 Å². The smallest absolute Gasteiger partial charge is 0.195 e. The lowest BCUT2D eigenvalue weighted by Gasteiger charge is -2.11. The van der Waals surface area contributed by atoms with Gasteiger partial charge in [0.15, 0.2) is 0 Å². The fourth-order valence-electron chi connectivity index (χ4n) is 2.32. The summed E-state index contributed by atoms with van der Waals surface area (Å²) in [5, 5.41) is -0.718. The van der Waals surface area contributed by atoms with Gasteiger partial charge in [0, 0.05) is 0 Å². The Kier molecular flexibility index (Phi) is 4.35. The summed E-state index contributed by atoms with van der Waals surface area (Å²) in [6, 6.07) is 0. The Hall–Kier alpha value is -0.120. The largest absolute Gasteiger partial charge is 0.305 e. The van der Waals surface area contributed by atoms with Crippen LogP contribution in [0.5, 0.6) is 0 Å². The maximum Gasteiger partial charge on any atom is 0.305 e. The van der Waals surface area contributed by atoms with E-state index in [0.29, 0.717) is 18.8 Å². The number of halogens is 1. The zero-order valence-electron chi connectivity index (χ0n) is 8.71. The molecule has 0 aromatic carbocycles. The third kappa shape index (κ3) is 3.56. The molecule has 1 fully saturated rings.